The Kier molecular flexibility index (Phi) is 3.37. The Balaban J connectivity index is 2.15. The summed E-state index contributed by atoms with van der Waals surface area (Å²) in [4.78, 5) is 10.8. The van der Waals surface area contributed by atoms with Crippen molar-refractivity contribution in [2.45, 2.75) is 25.7 Å². The lowest BCUT2D eigenvalue weighted by Gasteiger charge is -2.20. The molecule has 1 aliphatic carbocycles. The van der Waals surface area contributed by atoms with Crippen LogP contribution in [0.2, 0.25) is 0 Å². The molecular formula is C15H14FNO4. The zero-order valence-corrected chi connectivity index (χ0v) is 11.5. The Labute approximate surface area is 120 Å². The summed E-state index contributed by atoms with van der Waals surface area (Å²) in [6.07, 6.45) is 3.37. The van der Waals surface area contributed by atoms with Gasteiger partial charge in [-0.25, -0.2) is 9.18 Å². The van der Waals surface area contributed by atoms with Crippen LogP contribution in [0.3, 0.4) is 0 Å². The van der Waals surface area contributed by atoms with Crippen molar-refractivity contribution >= 4 is 5.97 Å². The molecular weight excluding hydrogens is 277 g/mol. The Morgan fingerprint density at radius 2 is 2.05 bits per heavy atom. The van der Waals surface area contributed by atoms with Gasteiger partial charge < -0.3 is 14.4 Å². The summed E-state index contributed by atoms with van der Waals surface area (Å²) in [6, 6.07) is 2.78. The molecule has 5 nitrogen and oxygen atoms in total. The van der Waals surface area contributed by atoms with Crippen molar-refractivity contribution in [2.75, 3.05) is 7.11 Å². The fourth-order valence-electron chi connectivity index (χ4n) is 2.74. The number of rotatable bonds is 3. The summed E-state index contributed by atoms with van der Waals surface area (Å²) in [5, 5.41) is 12.5. The van der Waals surface area contributed by atoms with Crippen molar-refractivity contribution in [1.29, 1.82) is 0 Å². The lowest BCUT2D eigenvalue weighted by atomic mass is 9.88. The Morgan fingerprint density at radius 3 is 2.67 bits per heavy atom. The van der Waals surface area contributed by atoms with E-state index in [2.05, 4.69) is 5.16 Å². The maximum atomic E-state index is 14.7. The molecule has 1 N–H and O–H groups in total. The SMILES string of the molecule is COc1cc(-c2cc(C(=O)O)on2)c(F)c2c1CCCC2. The predicted molar refractivity (Wildman–Crippen MR) is 72.1 cm³/mol. The van der Waals surface area contributed by atoms with Crippen molar-refractivity contribution in [3.63, 3.8) is 0 Å². The maximum absolute atomic E-state index is 14.7. The minimum Gasteiger partial charge on any atom is -0.496 e. The number of benzene rings is 1. The zero-order chi connectivity index (χ0) is 15.0. The van der Waals surface area contributed by atoms with Crippen LogP contribution in [0.15, 0.2) is 16.7 Å². The molecule has 2 aromatic rings. The predicted octanol–water partition coefficient (Wildman–Crippen LogP) is 3.07. The number of fused-ring (bicyclic) bond motifs is 1. The second-order valence-corrected chi connectivity index (χ2v) is 4.99. The molecule has 0 atom stereocenters. The number of halogens is 1. The highest BCUT2D eigenvalue weighted by molar-refractivity contribution is 5.85. The van der Waals surface area contributed by atoms with Gasteiger partial charge in [0.1, 0.15) is 17.3 Å². The fraction of sp³-hybridized carbons (Fsp3) is 0.333. The minimum atomic E-state index is -1.24. The standard InChI is InChI=1S/C15H14FNO4/c1-20-12-6-10(11-7-13(15(18)19)21-17-11)14(16)9-5-3-2-4-8(9)12/h6-7H,2-5H2,1H3,(H,18,19). The molecule has 0 saturated carbocycles. The van der Waals surface area contributed by atoms with Gasteiger partial charge in [0.15, 0.2) is 0 Å². The second-order valence-electron chi connectivity index (χ2n) is 4.99. The van der Waals surface area contributed by atoms with Crippen LogP contribution in [0.1, 0.15) is 34.5 Å². The molecule has 0 amide bonds. The number of carboxylic acids is 1. The topological polar surface area (TPSA) is 72.6 Å². The molecule has 0 fully saturated rings. The first kappa shape index (κ1) is 13.6. The third-order valence-corrected chi connectivity index (χ3v) is 3.76. The van der Waals surface area contributed by atoms with E-state index in [0.717, 1.165) is 24.8 Å². The summed E-state index contributed by atoms with van der Waals surface area (Å²) < 4.78 is 24.7. The summed E-state index contributed by atoms with van der Waals surface area (Å²) in [5.41, 5.74) is 1.91. The molecule has 110 valence electrons. The van der Waals surface area contributed by atoms with Crippen molar-refractivity contribution in [3.8, 4) is 17.0 Å². The average Bonchev–Trinajstić information content (AvgIpc) is 2.98. The largest absolute Gasteiger partial charge is 0.496 e. The first-order chi connectivity index (χ1) is 10.1. The van der Waals surface area contributed by atoms with Crippen LogP contribution in [0.4, 0.5) is 4.39 Å². The third kappa shape index (κ3) is 2.26. The van der Waals surface area contributed by atoms with Gasteiger partial charge in [-0.1, -0.05) is 5.16 Å². The molecule has 0 unspecified atom stereocenters. The normalized spacial score (nSPS) is 13.8. The van der Waals surface area contributed by atoms with E-state index >= 15 is 0 Å². The van der Waals surface area contributed by atoms with Crippen LogP contribution >= 0.6 is 0 Å². The van der Waals surface area contributed by atoms with Crippen LogP contribution in [0.25, 0.3) is 11.3 Å². The number of carbonyl (C=O) groups is 1. The highest BCUT2D eigenvalue weighted by Gasteiger charge is 2.24. The van der Waals surface area contributed by atoms with E-state index in [9.17, 15) is 9.18 Å². The maximum Gasteiger partial charge on any atom is 0.374 e. The third-order valence-electron chi connectivity index (χ3n) is 3.76. The summed E-state index contributed by atoms with van der Waals surface area (Å²) in [5.74, 6) is -1.31. The number of aromatic nitrogens is 1. The van der Waals surface area contributed by atoms with Crippen LogP contribution in [-0.4, -0.2) is 23.3 Å². The minimum absolute atomic E-state index is 0.163. The van der Waals surface area contributed by atoms with E-state index in [1.807, 2.05) is 0 Å². The van der Waals surface area contributed by atoms with Crippen LogP contribution in [0.5, 0.6) is 5.75 Å². The van der Waals surface area contributed by atoms with Gasteiger partial charge in [0.2, 0.25) is 5.76 Å². The van der Waals surface area contributed by atoms with Crippen LogP contribution in [-0.2, 0) is 12.8 Å². The first-order valence-electron chi connectivity index (χ1n) is 6.70. The Hall–Kier alpha value is -2.37. The van der Waals surface area contributed by atoms with E-state index in [0.29, 0.717) is 17.7 Å². The first-order valence-corrected chi connectivity index (χ1v) is 6.70. The molecule has 1 aromatic carbocycles. The Bertz CT molecular complexity index is 708. The van der Waals surface area contributed by atoms with E-state index in [1.165, 1.54) is 13.2 Å². The quantitative estimate of drug-likeness (QED) is 0.940. The number of methoxy groups -OCH3 is 1. The van der Waals surface area contributed by atoms with E-state index in [1.54, 1.807) is 6.07 Å². The molecule has 0 saturated heterocycles. The molecule has 3 rings (SSSR count). The average molecular weight is 291 g/mol. The number of nitrogens with zero attached hydrogens (tertiary/aromatic N) is 1. The number of hydrogen-bond acceptors (Lipinski definition) is 4. The molecule has 21 heavy (non-hydrogen) atoms. The van der Waals surface area contributed by atoms with Gasteiger partial charge in [0.05, 0.1) is 7.11 Å². The number of carboxylic acid groups (broad SMARTS) is 1. The lowest BCUT2D eigenvalue weighted by molar-refractivity contribution is 0.0652. The van der Waals surface area contributed by atoms with Crippen molar-refractivity contribution in [1.82, 2.24) is 5.16 Å². The summed E-state index contributed by atoms with van der Waals surface area (Å²) in [7, 11) is 1.54. The monoisotopic (exact) mass is 291 g/mol. The van der Waals surface area contributed by atoms with Gasteiger partial charge >= 0.3 is 5.97 Å². The van der Waals surface area contributed by atoms with Gasteiger partial charge in [0, 0.05) is 17.2 Å². The molecule has 0 aliphatic heterocycles. The van der Waals surface area contributed by atoms with Gasteiger partial charge in [0.25, 0.3) is 0 Å². The number of aromatic carboxylic acids is 1. The van der Waals surface area contributed by atoms with Crippen molar-refractivity contribution in [3.05, 3.63) is 34.8 Å². The zero-order valence-electron chi connectivity index (χ0n) is 11.5. The van der Waals surface area contributed by atoms with Crippen LogP contribution in [0, 0.1) is 5.82 Å². The van der Waals surface area contributed by atoms with E-state index < -0.39 is 5.97 Å². The highest BCUT2D eigenvalue weighted by Crippen LogP contribution is 2.37. The summed E-state index contributed by atoms with van der Waals surface area (Å²) in [6.45, 7) is 0. The molecule has 1 heterocycles. The lowest BCUT2D eigenvalue weighted by Crippen LogP contribution is -2.09. The molecule has 6 heteroatoms. The van der Waals surface area contributed by atoms with Gasteiger partial charge in [-0.05, 0) is 37.3 Å². The summed E-state index contributed by atoms with van der Waals surface area (Å²) >= 11 is 0. The van der Waals surface area contributed by atoms with Crippen molar-refractivity contribution in [2.24, 2.45) is 0 Å². The van der Waals surface area contributed by atoms with Crippen molar-refractivity contribution < 1.29 is 23.6 Å². The smallest absolute Gasteiger partial charge is 0.374 e. The number of hydrogen-bond donors (Lipinski definition) is 1. The van der Waals surface area contributed by atoms with Gasteiger partial charge in [-0.2, -0.15) is 0 Å². The molecule has 1 aliphatic rings. The van der Waals surface area contributed by atoms with E-state index in [4.69, 9.17) is 14.4 Å². The highest BCUT2D eigenvalue weighted by atomic mass is 19.1. The fourth-order valence-corrected chi connectivity index (χ4v) is 2.74. The molecule has 0 bridgehead atoms. The van der Waals surface area contributed by atoms with E-state index in [-0.39, 0.29) is 22.8 Å². The van der Waals surface area contributed by atoms with Gasteiger partial charge in [-0.3, -0.25) is 0 Å². The second kappa shape index (κ2) is 5.20. The van der Waals surface area contributed by atoms with Gasteiger partial charge in [-0.15, -0.1) is 0 Å². The molecule has 0 spiro atoms. The Morgan fingerprint density at radius 1 is 1.33 bits per heavy atom. The van der Waals surface area contributed by atoms with Crippen LogP contribution < -0.4 is 4.74 Å². The molecule has 1 aromatic heterocycles. The number of ether oxygens (including phenoxy) is 1. The molecule has 0 radical (unpaired) electrons.